The summed E-state index contributed by atoms with van der Waals surface area (Å²) in [5.41, 5.74) is -0.0569. The van der Waals surface area contributed by atoms with E-state index in [2.05, 4.69) is 25.2 Å². The molecule has 7 heteroatoms. The third kappa shape index (κ3) is 7.30. The molecule has 0 N–H and O–H groups in total. The highest BCUT2D eigenvalue weighted by molar-refractivity contribution is 7.48. The van der Waals surface area contributed by atoms with Gasteiger partial charge in [-0.1, -0.05) is 31.2 Å². The summed E-state index contributed by atoms with van der Waals surface area (Å²) in [5.74, 6) is -0.207. The molecule has 1 aliphatic carbocycles. The fourth-order valence-corrected chi connectivity index (χ4v) is 5.23. The van der Waals surface area contributed by atoms with Gasteiger partial charge in [-0.25, -0.2) is 4.57 Å². The molecule has 0 amide bonds. The lowest BCUT2D eigenvalue weighted by Gasteiger charge is -2.48. The van der Waals surface area contributed by atoms with Crippen molar-refractivity contribution < 1.29 is 27.6 Å². The van der Waals surface area contributed by atoms with Crippen LogP contribution in [0.2, 0.25) is 0 Å². The Morgan fingerprint density at radius 3 is 2.21 bits per heavy atom. The molecule has 2 aliphatic rings. The molecule has 0 saturated carbocycles. The molecule has 0 unspecified atom stereocenters. The SMILES string of the molecule is CC/C=C/CCC1([C@H]2C=C[C@@H](OP(=O)(OCC)OCC)CC2)COC(C)(C)OC1. The first-order chi connectivity index (χ1) is 13.8. The average molecular weight is 431 g/mol. The molecule has 0 aromatic rings. The zero-order valence-electron chi connectivity index (χ0n) is 18.7. The second-order valence-corrected chi connectivity index (χ2v) is 9.87. The van der Waals surface area contributed by atoms with Gasteiger partial charge in [0, 0.05) is 5.41 Å². The molecule has 6 nitrogen and oxygen atoms in total. The Hall–Kier alpha value is -0.490. The number of phosphoric ester groups is 1. The summed E-state index contributed by atoms with van der Waals surface area (Å²) in [4.78, 5) is 0. The van der Waals surface area contributed by atoms with E-state index in [1.54, 1.807) is 13.8 Å². The van der Waals surface area contributed by atoms with Gasteiger partial charge in [0.05, 0.1) is 32.5 Å². The number of allylic oxidation sites excluding steroid dienone is 3. The van der Waals surface area contributed by atoms with Crippen LogP contribution < -0.4 is 0 Å². The van der Waals surface area contributed by atoms with Crippen molar-refractivity contribution in [2.75, 3.05) is 26.4 Å². The number of hydrogen-bond acceptors (Lipinski definition) is 6. The van der Waals surface area contributed by atoms with Gasteiger partial charge in [0.1, 0.15) is 0 Å². The molecule has 29 heavy (non-hydrogen) atoms. The molecule has 168 valence electrons. The highest BCUT2D eigenvalue weighted by Gasteiger charge is 2.45. The van der Waals surface area contributed by atoms with Crippen LogP contribution in [0.25, 0.3) is 0 Å². The lowest BCUT2D eigenvalue weighted by molar-refractivity contribution is -0.293. The maximum absolute atomic E-state index is 12.7. The van der Waals surface area contributed by atoms with Crippen molar-refractivity contribution >= 4 is 7.82 Å². The van der Waals surface area contributed by atoms with E-state index in [0.717, 1.165) is 32.1 Å². The molecule has 0 spiro atoms. The highest BCUT2D eigenvalue weighted by Crippen LogP contribution is 2.52. The molecular weight excluding hydrogens is 391 g/mol. The smallest absolute Gasteiger partial charge is 0.350 e. The minimum atomic E-state index is -3.51. The Labute approximate surface area is 176 Å². The summed E-state index contributed by atoms with van der Waals surface area (Å²) in [6, 6.07) is 0. The van der Waals surface area contributed by atoms with Crippen LogP contribution in [-0.2, 0) is 27.6 Å². The molecule has 0 aromatic carbocycles. The van der Waals surface area contributed by atoms with Crippen molar-refractivity contribution in [1.82, 2.24) is 0 Å². The van der Waals surface area contributed by atoms with Crippen LogP contribution in [-0.4, -0.2) is 38.3 Å². The minimum Gasteiger partial charge on any atom is -0.350 e. The molecule has 1 aliphatic heterocycles. The summed E-state index contributed by atoms with van der Waals surface area (Å²) in [5, 5.41) is 0. The third-order valence-electron chi connectivity index (χ3n) is 5.57. The van der Waals surface area contributed by atoms with Gasteiger partial charge in [-0.3, -0.25) is 13.6 Å². The first kappa shape index (κ1) is 24.8. The Kier molecular flexibility index (Phi) is 9.59. The summed E-state index contributed by atoms with van der Waals surface area (Å²) in [7, 11) is -3.51. The molecule has 2 rings (SSSR count). The van der Waals surface area contributed by atoms with E-state index in [0.29, 0.717) is 19.1 Å². The van der Waals surface area contributed by atoms with Crippen molar-refractivity contribution in [2.45, 2.75) is 78.6 Å². The Morgan fingerprint density at radius 1 is 1.03 bits per heavy atom. The van der Waals surface area contributed by atoms with Gasteiger partial charge in [0.25, 0.3) is 0 Å². The van der Waals surface area contributed by atoms with Crippen molar-refractivity contribution in [3.05, 3.63) is 24.3 Å². The van der Waals surface area contributed by atoms with Crippen LogP contribution >= 0.6 is 7.82 Å². The summed E-state index contributed by atoms with van der Waals surface area (Å²) in [6.07, 6.45) is 13.1. The summed E-state index contributed by atoms with van der Waals surface area (Å²) in [6.45, 7) is 11.6. The number of ether oxygens (including phenoxy) is 2. The molecule has 1 saturated heterocycles. The number of rotatable bonds is 11. The van der Waals surface area contributed by atoms with Gasteiger partial charge in [0.2, 0.25) is 0 Å². The summed E-state index contributed by atoms with van der Waals surface area (Å²) >= 11 is 0. The normalized spacial score (nSPS) is 26.8. The first-order valence-corrected chi connectivity index (χ1v) is 12.4. The van der Waals surface area contributed by atoms with E-state index < -0.39 is 13.6 Å². The predicted octanol–water partition coefficient (Wildman–Crippen LogP) is 6.03. The minimum absolute atomic E-state index is 0.0569. The van der Waals surface area contributed by atoms with Crippen molar-refractivity contribution in [3.63, 3.8) is 0 Å². The van der Waals surface area contributed by atoms with Crippen LogP contribution in [0.3, 0.4) is 0 Å². The largest absolute Gasteiger partial charge is 0.475 e. The first-order valence-electron chi connectivity index (χ1n) is 11.0. The summed E-state index contributed by atoms with van der Waals surface area (Å²) < 4.78 is 41.0. The molecule has 0 bridgehead atoms. The van der Waals surface area contributed by atoms with Crippen LogP contribution in [0.15, 0.2) is 24.3 Å². The Bertz CT molecular complexity index is 580. The second-order valence-electron chi connectivity index (χ2n) is 8.25. The maximum atomic E-state index is 12.7. The number of hydrogen-bond donors (Lipinski definition) is 0. The lowest BCUT2D eigenvalue weighted by Crippen LogP contribution is -2.50. The van der Waals surface area contributed by atoms with Crippen LogP contribution in [0, 0.1) is 11.3 Å². The van der Waals surface area contributed by atoms with Crippen LogP contribution in [0.5, 0.6) is 0 Å². The van der Waals surface area contributed by atoms with Gasteiger partial charge in [0.15, 0.2) is 5.79 Å². The fraction of sp³-hybridized carbons (Fsp3) is 0.818. The van der Waals surface area contributed by atoms with Crippen molar-refractivity contribution in [2.24, 2.45) is 11.3 Å². The fourth-order valence-electron chi connectivity index (χ4n) is 3.89. The monoisotopic (exact) mass is 430 g/mol. The van der Waals surface area contributed by atoms with E-state index in [9.17, 15) is 4.57 Å². The lowest BCUT2D eigenvalue weighted by atomic mass is 9.68. The predicted molar refractivity (Wildman–Crippen MR) is 115 cm³/mol. The maximum Gasteiger partial charge on any atom is 0.475 e. The van der Waals surface area contributed by atoms with E-state index in [4.69, 9.17) is 23.0 Å². The molecule has 0 aromatic heterocycles. The van der Waals surface area contributed by atoms with Gasteiger partial charge in [-0.15, -0.1) is 0 Å². The number of phosphoric acid groups is 1. The molecule has 1 heterocycles. The molecular formula is C22H39O6P. The van der Waals surface area contributed by atoms with Crippen LogP contribution in [0.4, 0.5) is 0 Å². The van der Waals surface area contributed by atoms with Crippen molar-refractivity contribution in [1.29, 1.82) is 0 Å². The highest BCUT2D eigenvalue weighted by atomic mass is 31.2. The molecule has 2 atom stereocenters. The van der Waals surface area contributed by atoms with E-state index in [1.165, 1.54) is 0 Å². The standard InChI is InChI=1S/C22H39O6P/c1-6-9-10-11-16-22(17-24-21(4,5)25-18-22)19-12-14-20(15-13-19)28-29(23,26-7-2)27-8-3/h9-10,12,14,19-20H,6-8,11,13,15-18H2,1-5H3/b10-9+/t19-,20+/m0/s1. The van der Waals surface area contributed by atoms with Gasteiger partial charge in [-0.2, -0.15) is 0 Å². The van der Waals surface area contributed by atoms with Crippen molar-refractivity contribution in [3.8, 4) is 0 Å². The van der Waals surface area contributed by atoms with Gasteiger partial charge < -0.3 is 9.47 Å². The zero-order valence-corrected chi connectivity index (χ0v) is 19.6. The van der Waals surface area contributed by atoms with Gasteiger partial charge >= 0.3 is 7.82 Å². The molecule has 0 radical (unpaired) electrons. The third-order valence-corrected chi connectivity index (χ3v) is 7.25. The Balaban J connectivity index is 2.06. The van der Waals surface area contributed by atoms with E-state index in [-0.39, 0.29) is 24.7 Å². The Morgan fingerprint density at radius 2 is 1.69 bits per heavy atom. The topological polar surface area (TPSA) is 63.2 Å². The van der Waals surface area contributed by atoms with Gasteiger partial charge in [-0.05, 0) is 65.7 Å². The van der Waals surface area contributed by atoms with E-state index >= 15 is 0 Å². The quantitative estimate of drug-likeness (QED) is 0.294. The average Bonchev–Trinajstić information content (AvgIpc) is 2.68. The molecule has 1 fully saturated rings. The second kappa shape index (κ2) is 11.2. The zero-order chi connectivity index (χ0) is 21.4. The van der Waals surface area contributed by atoms with Crippen LogP contribution in [0.1, 0.15) is 66.7 Å². The van der Waals surface area contributed by atoms with E-state index in [1.807, 2.05) is 19.9 Å².